The number of halogens is 1. The lowest BCUT2D eigenvalue weighted by Gasteiger charge is -2.10. The van der Waals surface area contributed by atoms with Crippen molar-refractivity contribution in [3.8, 4) is 0 Å². The third-order valence-corrected chi connectivity index (χ3v) is 2.96. The van der Waals surface area contributed by atoms with Gasteiger partial charge in [0.15, 0.2) is 0 Å². The molecule has 21 heavy (non-hydrogen) atoms. The van der Waals surface area contributed by atoms with Crippen LogP contribution in [0, 0.1) is 10.1 Å². The number of aliphatic hydroxyl groups is 1. The van der Waals surface area contributed by atoms with Crippen LogP contribution in [0.3, 0.4) is 0 Å². The number of benzene rings is 1. The maximum Gasteiger partial charge on any atom is 0.282 e. The summed E-state index contributed by atoms with van der Waals surface area (Å²) in [5, 5.41) is 23.3. The summed E-state index contributed by atoms with van der Waals surface area (Å²) in [5.74, 6) is -0.411. The molecule has 1 atom stereocenters. The first kappa shape index (κ1) is 15.0. The summed E-state index contributed by atoms with van der Waals surface area (Å²) in [6.07, 6.45) is 0.351. The number of carbonyl (C=O) groups excluding carboxylic acids is 1. The van der Waals surface area contributed by atoms with Crippen molar-refractivity contribution in [2.45, 2.75) is 6.10 Å². The molecule has 0 aliphatic heterocycles. The Balaban J connectivity index is 2.10. The van der Waals surface area contributed by atoms with E-state index in [0.717, 1.165) is 6.07 Å². The van der Waals surface area contributed by atoms with Crippen LogP contribution in [0.4, 0.5) is 5.69 Å². The number of amides is 1. The van der Waals surface area contributed by atoms with Gasteiger partial charge in [0.25, 0.3) is 11.6 Å². The van der Waals surface area contributed by atoms with Crippen LogP contribution < -0.4 is 5.32 Å². The van der Waals surface area contributed by atoms with E-state index in [-0.39, 0.29) is 28.6 Å². The Bertz CT molecular complexity index is 657. The van der Waals surface area contributed by atoms with E-state index < -0.39 is 16.9 Å². The standard InChI is InChI=1S/C13H11ClN2O5/c14-8-3-4-10(16(19)20)9(6-8)13(18)15-7-11(17)12-2-1-5-21-12/h1-6,11,17H,7H2,(H,15,18)/t11-/m0/s1. The minimum atomic E-state index is -1.04. The molecule has 0 spiro atoms. The summed E-state index contributed by atoms with van der Waals surface area (Å²) in [4.78, 5) is 22.2. The van der Waals surface area contributed by atoms with Gasteiger partial charge in [-0.1, -0.05) is 11.6 Å². The lowest BCUT2D eigenvalue weighted by molar-refractivity contribution is -0.385. The Morgan fingerprint density at radius 1 is 1.48 bits per heavy atom. The third kappa shape index (κ3) is 3.59. The maximum atomic E-state index is 12.0. The van der Waals surface area contributed by atoms with Gasteiger partial charge in [-0.05, 0) is 24.3 Å². The highest BCUT2D eigenvalue weighted by Crippen LogP contribution is 2.22. The first-order valence-electron chi connectivity index (χ1n) is 5.92. The molecule has 0 fully saturated rings. The van der Waals surface area contributed by atoms with E-state index in [1.807, 2.05) is 0 Å². The van der Waals surface area contributed by atoms with Crippen LogP contribution >= 0.6 is 11.6 Å². The molecule has 0 unspecified atom stereocenters. The fraction of sp³-hybridized carbons (Fsp3) is 0.154. The van der Waals surface area contributed by atoms with Gasteiger partial charge < -0.3 is 14.8 Å². The molecule has 2 rings (SSSR count). The molecule has 1 amide bonds. The van der Waals surface area contributed by atoms with Gasteiger partial charge >= 0.3 is 0 Å². The van der Waals surface area contributed by atoms with Gasteiger partial charge in [0.05, 0.1) is 17.7 Å². The van der Waals surface area contributed by atoms with Gasteiger partial charge in [-0.25, -0.2) is 0 Å². The van der Waals surface area contributed by atoms with Gasteiger partial charge in [-0.2, -0.15) is 0 Å². The Kier molecular flexibility index (Phi) is 4.56. The summed E-state index contributed by atoms with van der Waals surface area (Å²) in [6.45, 7) is -0.143. The highest BCUT2D eigenvalue weighted by molar-refractivity contribution is 6.31. The lowest BCUT2D eigenvalue weighted by Crippen LogP contribution is -2.28. The van der Waals surface area contributed by atoms with Gasteiger partial charge in [0, 0.05) is 11.1 Å². The molecular formula is C13H11ClN2O5. The number of rotatable bonds is 5. The van der Waals surface area contributed by atoms with Crippen molar-refractivity contribution in [2.75, 3.05) is 6.54 Å². The first-order chi connectivity index (χ1) is 9.99. The van der Waals surface area contributed by atoms with E-state index >= 15 is 0 Å². The van der Waals surface area contributed by atoms with E-state index in [1.54, 1.807) is 12.1 Å². The quantitative estimate of drug-likeness (QED) is 0.651. The van der Waals surface area contributed by atoms with Crippen LogP contribution in [-0.4, -0.2) is 22.5 Å². The minimum Gasteiger partial charge on any atom is -0.467 e. The predicted octanol–water partition coefficient (Wildman–Crippen LogP) is 2.30. The van der Waals surface area contributed by atoms with Crippen molar-refractivity contribution in [1.82, 2.24) is 5.32 Å². The van der Waals surface area contributed by atoms with Crippen LogP contribution in [0.25, 0.3) is 0 Å². The second-order valence-corrected chi connectivity index (χ2v) is 4.60. The molecule has 2 N–H and O–H groups in total. The number of nitrogens with one attached hydrogen (secondary N) is 1. The smallest absolute Gasteiger partial charge is 0.282 e. The van der Waals surface area contributed by atoms with Crippen molar-refractivity contribution < 1.29 is 19.2 Å². The average molecular weight is 311 g/mol. The molecule has 0 saturated carbocycles. The van der Waals surface area contributed by atoms with E-state index in [1.165, 1.54) is 18.4 Å². The zero-order chi connectivity index (χ0) is 15.4. The lowest BCUT2D eigenvalue weighted by atomic mass is 10.1. The largest absolute Gasteiger partial charge is 0.467 e. The van der Waals surface area contributed by atoms with E-state index in [4.69, 9.17) is 16.0 Å². The van der Waals surface area contributed by atoms with Crippen molar-refractivity contribution in [1.29, 1.82) is 0 Å². The van der Waals surface area contributed by atoms with Crippen LogP contribution in [0.2, 0.25) is 5.02 Å². The average Bonchev–Trinajstić information content (AvgIpc) is 2.98. The molecule has 1 heterocycles. The molecule has 7 nitrogen and oxygen atoms in total. The number of nitro benzene ring substituents is 1. The number of hydrogen-bond acceptors (Lipinski definition) is 5. The zero-order valence-corrected chi connectivity index (χ0v) is 11.4. The molecule has 0 aliphatic carbocycles. The Morgan fingerprint density at radius 2 is 2.24 bits per heavy atom. The minimum absolute atomic E-state index is 0.143. The van der Waals surface area contributed by atoms with Gasteiger partial charge in [-0.15, -0.1) is 0 Å². The van der Waals surface area contributed by atoms with Crippen molar-refractivity contribution in [2.24, 2.45) is 0 Å². The molecular weight excluding hydrogens is 300 g/mol. The number of furan rings is 1. The van der Waals surface area contributed by atoms with E-state index in [9.17, 15) is 20.0 Å². The number of nitrogens with zero attached hydrogens (tertiary/aromatic N) is 1. The second-order valence-electron chi connectivity index (χ2n) is 4.16. The zero-order valence-electron chi connectivity index (χ0n) is 10.7. The number of aliphatic hydroxyl groups excluding tert-OH is 1. The van der Waals surface area contributed by atoms with E-state index in [2.05, 4.69) is 5.32 Å². The molecule has 2 aromatic rings. The maximum absolute atomic E-state index is 12.0. The summed E-state index contributed by atoms with van der Waals surface area (Å²) in [6, 6.07) is 6.84. The topological polar surface area (TPSA) is 106 Å². The highest BCUT2D eigenvalue weighted by Gasteiger charge is 2.21. The molecule has 8 heteroatoms. The fourth-order valence-corrected chi connectivity index (χ4v) is 1.89. The molecule has 0 aliphatic rings. The van der Waals surface area contributed by atoms with Gasteiger partial charge in [0.2, 0.25) is 0 Å². The predicted molar refractivity (Wildman–Crippen MR) is 74.1 cm³/mol. The molecule has 1 aromatic heterocycles. The summed E-state index contributed by atoms with van der Waals surface area (Å²) in [7, 11) is 0. The van der Waals surface area contributed by atoms with Crippen molar-refractivity contribution >= 4 is 23.2 Å². The monoisotopic (exact) mass is 310 g/mol. The van der Waals surface area contributed by atoms with Crippen molar-refractivity contribution in [3.05, 3.63) is 63.1 Å². The second kappa shape index (κ2) is 6.38. The van der Waals surface area contributed by atoms with Crippen LogP contribution in [-0.2, 0) is 0 Å². The molecule has 1 aromatic carbocycles. The van der Waals surface area contributed by atoms with Gasteiger partial charge in [-0.3, -0.25) is 14.9 Å². The van der Waals surface area contributed by atoms with Crippen LogP contribution in [0.5, 0.6) is 0 Å². The number of hydrogen-bond donors (Lipinski definition) is 2. The SMILES string of the molecule is O=C(NC[C@H](O)c1ccco1)c1cc(Cl)ccc1[N+](=O)[O-]. The van der Waals surface area contributed by atoms with Crippen LogP contribution in [0.15, 0.2) is 41.0 Å². The summed E-state index contributed by atoms with van der Waals surface area (Å²) < 4.78 is 4.98. The normalized spacial score (nSPS) is 11.9. The van der Waals surface area contributed by atoms with Gasteiger partial charge in [0.1, 0.15) is 17.4 Å². The summed E-state index contributed by atoms with van der Waals surface area (Å²) >= 11 is 5.74. The Hall–Kier alpha value is -2.38. The number of carbonyl (C=O) groups is 1. The van der Waals surface area contributed by atoms with Crippen molar-refractivity contribution in [3.63, 3.8) is 0 Å². The first-order valence-corrected chi connectivity index (χ1v) is 6.30. The highest BCUT2D eigenvalue weighted by atomic mass is 35.5. The summed E-state index contributed by atoms with van der Waals surface area (Å²) in [5.41, 5.74) is -0.525. The molecule has 0 bridgehead atoms. The molecule has 0 saturated heterocycles. The third-order valence-electron chi connectivity index (χ3n) is 2.73. The Morgan fingerprint density at radius 3 is 2.86 bits per heavy atom. The number of nitro groups is 1. The Labute approximate surface area is 124 Å². The molecule has 110 valence electrons. The van der Waals surface area contributed by atoms with Crippen LogP contribution in [0.1, 0.15) is 22.2 Å². The molecule has 0 radical (unpaired) electrons. The fourth-order valence-electron chi connectivity index (χ4n) is 1.72. The van der Waals surface area contributed by atoms with E-state index in [0.29, 0.717) is 0 Å².